The number of hydrogen-bond acceptors (Lipinski definition) is 5. The molecule has 1 N–H and O–H groups in total. The molecule has 0 bridgehead atoms. The molecule has 0 aliphatic carbocycles. The molecule has 30 heavy (non-hydrogen) atoms. The predicted molar refractivity (Wildman–Crippen MR) is 121 cm³/mol. The largest absolute Gasteiger partial charge is 0.483 e. The first-order valence-corrected chi connectivity index (χ1v) is 11.0. The Bertz CT molecular complexity index is 994. The van der Waals surface area contributed by atoms with Crippen molar-refractivity contribution < 1.29 is 9.53 Å². The Morgan fingerprint density at radius 1 is 1.07 bits per heavy atom. The molecule has 0 radical (unpaired) electrons. The van der Waals surface area contributed by atoms with Crippen LogP contribution in [0.3, 0.4) is 0 Å². The minimum Gasteiger partial charge on any atom is -0.483 e. The number of nitrogens with one attached hydrogen (secondary N) is 1. The lowest BCUT2D eigenvalue weighted by atomic mass is 10.1. The molecule has 6 nitrogen and oxygen atoms in total. The van der Waals surface area contributed by atoms with E-state index in [0.29, 0.717) is 11.7 Å². The lowest BCUT2D eigenvalue weighted by Gasteiger charge is -2.15. The van der Waals surface area contributed by atoms with Crippen molar-refractivity contribution in [1.82, 2.24) is 14.8 Å². The van der Waals surface area contributed by atoms with E-state index in [9.17, 15) is 4.79 Å². The molecule has 0 saturated heterocycles. The second-order valence-electron chi connectivity index (χ2n) is 7.37. The Kier molecular flexibility index (Phi) is 7.15. The van der Waals surface area contributed by atoms with Gasteiger partial charge in [0.05, 0.1) is 5.75 Å². The van der Waals surface area contributed by atoms with Gasteiger partial charge >= 0.3 is 0 Å². The molecule has 0 aliphatic heterocycles. The number of aryl methyl sites for hydroxylation is 3. The first kappa shape index (κ1) is 21.9. The SMILES string of the molecule is CCn1c(SCC(=O)Nc2cc(C)cc(C)c2)nnc1C(C)Oc1ccc(C)cc1. The Morgan fingerprint density at radius 2 is 1.73 bits per heavy atom. The number of aromatic nitrogens is 3. The fraction of sp³-hybridized carbons (Fsp3) is 0.348. The number of hydrogen-bond donors (Lipinski definition) is 1. The minimum absolute atomic E-state index is 0.0684. The van der Waals surface area contributed by atoms with Gasteiger partial charge in [-0.05, 0) is 70.0 Å². The van der Waals surface area contributed by atoms with Crippen molar-refractivity contribution in [1.29, 1.82) is 0 Å². The van der Waals surface area contributed by atoms with Crippen LogP contribution in [0.25, 0.3) is 0 Å². The van der Waals surface area contributed by atoms with E-state index in [0.717, 1.165) is 28.4 Å². The Morgan fingerprint density at radius 3 is 2.37 bits per heavy atom. The first-order chi connectivity index (χ1) is 14.4. The van der Waals surface area contributed by atoms with Crippen molar-refractivity contribution in [3.8, 4) is 5.75 Å². The summed E-state index contributed by atoms with van der Waals surface area (Å²) < 4.78 is 8.02. The zero-order chi connectivity index (χ0) is 21.7. The predicted octanol–water partition coefficient (Wildman–Crippen LogP) is 5.09. The van der Waals surface area contributed by atoms with Crippen LogP contribution in [-0.2, 0) is 11.3 Å². The third-order valence-corrected chi connectivity index (χ3v) is 5.56. The van der Waals surface area contributed by atoms with Crippen LogP contribution < -0.4 is 10.1 Å². The molecule has 0 spiro atoms. The second-order valence-corrected chi connectivity index (χ2v) is 8.31. The fourth-order valence-electron chi connectivity index (χ4n) is 3.25. The average molecular weight is 425 g/mol. The molecular formula is C23H28N4O2S. The maximum Gasteiger partial charge on any atom is 0.234 e. The summed E-state index contributed by atoms with van der Waals surface area (Å²) in [6, 6.07) is 13.9. The number of amides is 1. The number of thioether (sulfide) groups is 1. The highest BCUT2D eigenvalue weighted by Crippen LogP contribution is 2.25. The van der Waals surface area contributed by atoms with Crippen molar-refractivity contribution >= 4 is 23.4 Å². The van der Waals surface area contributed by atoms with Crippen LogP contribution >= 0.6 is 11.8 Å². The molecule has 1 heterocycles. The number of nitrogens with zero attached hydrogens (tertiary/aromatic N) is 3. The Balaban J connectivity index is 1.63. The topological polar surface area (TPSA) is 69.0 Å². The van der Waals surface area contributed by atoms with E-state index in [1.165, 1.54) is 17.3 Å². The minimum atomic E-state index is -0.251. The van der Waals surface area contributed by atoms with E-state index in [4.69, 9.17) is 4.74 Å². The van der Waals surface area contributed by atoms with Crippen LogP contribution in [0.2, 0.25) is 0 Å². The standard InChI is InChI=1S/C23H28N4O2S/c1-6-27-22(18(5)29-20-9-7-15(2)8-10-20)25-26-23(27)30-14-21(28)24-19-12-16(3)11-17(4)13-19/h7-13,18H,6,14H2,1-5H3,(H,24,28). The van der Waals surface area contributed by atoms with Crippen LogP contribution in [0, 0.1) is 20.8 Å². The number of carbonyl (C=O) groups is 1. The zero-order valence-corrected chi connectivity index (χ0v) is 18.9. The molecule has 3 rings (SSSR count). The molecule has 7 heteroatoms. The van der Waals surface area contributed by atoms with Crippen LogP contribution in [0.15, 0.2) is 47.6 Å². The highest BCUT2D eigenvalue weighted by molar-refractivity contribution is 7.99. The molecule has 1 amide bonds. The van der Waals surface area contributed by atoms with Crippen LogP contribution in [0.1, 0.15) is 42.5 Å². The Hall–Kier alpha value is -2.80. The molecule has 0 aliphatic rings. The summed E-state index contributed by atoms with van der Waals surface area (Å²) in [6.07, 6.45) is -0.251. The summed E-state index contributed by atoms with van der Waals surface area (Å²) in [6.45, 7) is 10.8. The molecule has 0 saturated carbocycles. The van der Waals surface area contributed by atoms with E-state index < -0.39 is 0 Å². The van der Waals surface area contributed by atoms with Gasteiger partial charge in [0.1, 0.15) is 5.75 Å². The normalized spacial score (nSPS) is 11.9. The van der Waals surface area contributed by atoms with E-state index in [1.807, 2.05) is 75.6 Å². The molecular weight excluding hydrogens is 396 g/mol. The smallest absolute Gasteiger partial charge is 0.234 e. The quantitative estimate of drug-likeness (QED) is 0.510. The van der Waals surface area contributed by atoms with Crippen LogP contribution in [0.5, 0.6) is 5.75 Å². The van der Waals surface area contributed by atoms with Crippen LogP contribution in [0.4, 0.5) is 5.69 Å². The van der Waals surface area contributed by atoms with Crippen molar-refractivity contribution in [2.45, 2.75) is 52.4 Å². The summed E-state index contributed by atoms with van der Waals surface area (Å²) in [7, 11) is 0. The van der Waals surface area contributed by atoms with Gasteiger partial charge in [0, 0.05) is 12.2 Å². The monoisotopic (exact) mass is 424 g/mol. The number of anilines is 1. The number of carbonyl (C=O) groups excluding carboxylic acids is 1. The molecule has 1 unspecified atom stereocenters. The summed E-state index contributed by atoms with van der Waals surface area (Å²) in [5.41, 5.74) is 4.24. The number of benzene rings is 2. The lowest BCUT2D eigenvalue weighted by molar-refractivity contribution is -0.113. The zero-order valence-electron chi connectivity index (χ0n) is 18.1. The van der Waals surface area contributed by atoms with Gasteiger partial charge in [-0.15, -0.1) is 10.2 Å². The van der Waals surface area contributed by atoms with Crippen LogP contribution in [-0.4, -0.2) is 26.4 Å². The Labute approximate surface area is 182 Å². The third kappa shape index (κ3) is 5.63. The molecule has 1 atom stereocenters. The van der Waals surface area contributed by atoms with Gasteiger partial charge in [0.15, 0.2) is 17.1 Å². The average Bonchev–Trinajstić information content (AvgIpc) is 3.10. The third-order valence-electron chi connectivity index (χ3n) is 4.60. The van der Waals surface area contributed by atoms with Crippen molar-refractivity contribution in [3.63, 3.8) is 0 Å². The summed E-state index contributed by atoms with van der Waals surface area (Å²) in [4.78, 5) is 12.4. The van der Waals surface area contributed by atoms with E-state index in [2.05, 4.69) is 21.6 Å². The fourth-order valence-corrected chi connectivity index (χ4v) is 4.06. The highest BCUT2D eigenvalue weighted by Gasteiger charge is 2.19. The molecule has 158 valence electrons. The van der Waals surface area contributed by atoms with Gasteiger partial charge in [0.25, 0.3) is 0 Å². The molecule has 3 aromatic rings. The number of ether oxygens (including phenoxy) is 1. The summed E-state index contributed by atoms with van der Waals surface area (Å²) >= 11 is 1.38. The maximum absolute atomic E-state index is 12.4. The van der Waals surface area contributed by atoms with Gasteiger partial charge in [-0.2, -0.15) is 0 Å². The van der Waals surface area contributed by atoms with Gasteiger partial charge in [0.2, 0.25) is 5.91 Å². The summed E-state index contributed by atoms with van der Waals surface area (Å²) in [5.74, 6) is 1.73. The van der Waals surface area contributed by atoms with Crippen molar-refractivity contribution in [2.75, 3.05) is 11.1 Å². The molecule has 0 fully saturated rings. The first-order valence-electron chi connectivity index (χ1n) is 10.0. The lowest BCUT2D eigenvalue weighted by Crippen LogP contribution is -2.15. The van der Waals surface area contributed by atoms with Gasteiger partial charge in [-0.3, -0.25) is 4.79 Å². The maximum atomic E-state index is 12.4. The molecule has 1 aromatic heterocycles. The van der Waals surface area contributed by atoms with Gasteiger partial charge < -0.3 is 14.6 Å². The summed E-state index contributed by atoms with van der Waals surface area (Å²) in [5, 5.41) is 12.3. The van der Waals surface area contributed by atoms with Crippen molar-refractivity contribution in [3.05, 3.63) is 65.0 Å². The highest BCUT2D eigenvalue weighted by atomic mass is 32.2. The van der Waals surface area contributed by atoms with Gasteiger partial charge in [-0.1, -0.05) is 35.5 Å². The van der Waals surface area contributed by atoms with Gasteiger partial charge in [-0.25, -0.2) is 0 Å². The van der Waals surface area contributed by atoms with E-state index in [-0.39, 0.29) is 17.8 Å². The second kappa shape index (κ2) is 9.80. The molecule has 2 aromatic carbocycles. The van der Waals surface area contributed by atoms with E-state index >= 15 is 0 Å². The van der Waals surface area contributed by atoms with Crippen molar-refractivity contribution in [2.24, 2.45) is 0 Å². The number of rotatable bonds is 8. The van der Waals surface area contributed by atoms with E-state index in [1.54, 1.807) is 0 Å².